The van der Waals surface area contributed by atoms with Crippen LogP contribution in [0.2, 0.25) is 5.02 Å². The Morgan fingerprint density at radius 2 is 1.75 bits per heavy atom. The van der Waals surface area contributed by atoms with Gasteiger partial charge in [-0.15, -0.1) is 11.8 Å². The van der Waals surface area contributed by atoms with Crippen LogP contribution in [0.25, 0.3) is 0 Å². The van der Waals surface area contributed by atoms with Crippen molar-refractivity contribution in [3.8, 4) is 0 Å². The van der Waals surface area contributed by atoms with Crippen molar-refractivity contribution in [1.82, 2.24) is 4.90 Å². The quantitative estimate of drug-likeness (QED) is 0.395. The fourth-order valence-electron chi connectivity index (χ4n) is 3.86. The van der Waals surface area contributed by atoms with Gasteiger partial charge >= 0.3 is 0 Å². The van der Waals surface area contributed by atoms with Gasteiger partial charge in [0.1, 0.15) is 5.82 Å². The molecule has 166 valence electrons. The lowest BCUT2D eigenvalue weighted by Gasteiger charge is -2.31. The Morgan fingerprint density at radius 3 is 2.44 bits per heavy atom. The van der Waals surface area contributed by atoms with E-state index in [9.17, 15) is 9.18 Å². The summed E-state index contributed by atoms with van der Waals surface area (Å²) >= 11 is 7.63. The van der Waals surface area contributed by atoms with Crippen molar-refractivity contribution in [2.75, 3.05) is 18.4 Å². The molecule has 0 atom stereocenters. The molecule has 1 aliphatic heterocycles. The minimum absolute atomic E-state index is 0.0189. The zero-order valence-electron chi connectivity index (χ0n) is 17.8. The zero-order chi connectivity index (χ0) is 22.3. The van der Waals surface area contributed by atoms with Crippen LogP contribution in [0.1, 0.15) is 24.0 Å². The molecule has 1 amide bonds. The van der Waals surface area contributed by atoms with Crippen LogP contribution in [0.15, 0.2) is 77.7 Å². The Kier molecular flexibility index (Phi) is 7.85. The van der Waals surface area contributed by atoms with Crippen LogP contribution in [0, 0.1) is 11.7 Å². The largest absolute Gasteiger partial charge is 0.326 e. The number of hydrogen-bond donors (Lipinski definition) is 1. The Bertz CT molecular complexity index is 1040. The number of hydrogen-bond acceptors (Lipinski definition) is 3. The lowest BCUT2D eigenvalue weighted by molar-refractivity contribution is -0.121. The van der Waals surface area contributed by atoms with Gasteiger partial charge in [-0.3, -0.25) is 9.69 Å². The van der Waals surface area contributed by atoms with Gasteiger partial charge in [0.15, 0.2) is 0 Å². The molecular weight excluding hydrogens is 443 g/mol. The summed E-state index contributed by atoms with van der Waals surface area (Å²) in [6.45, 7) is 2.09. The fourth-order valence-corrected chi connectivity index (χ4v) is 4.89. The van der Waals surface area contributed by atoms with E-state index in [-0.39, 0.29) is 17.6 Å². The van der Waals surface area contributed by atoms with Crippen LogP contribution < -0.4 is 5.32 Å². The van der Waals surface area contributed by atoms with Crippen molar-refractivity contribution in [2.45, 2.75) is 30.0 Å². The minimum Gasteiger partial charge on any atom is -0.326 e. The maximum Gasteiger partial charge on any atom is 0.227 e. The monoisotopic (exact) mass is 468 g/mol. The van der Waals surface area contributed by atoms with Gasteiger partial charge in [0.25, 0.3) is 0 Å². The van der Waals surface area contributed by atoms with Crippen molar-refractivity contribution in [1.29, 1.82) is 0 Å². The van der Waals surface area contributed by atoms with Gasteiger partial charge in [0.2, 0.25) is 5.91 Å². The van der Waals surface area contributed by atoms with Gasteiger partial charge in [0, 0.05) is 39.4 Å². The fraction of sp³-hybridized carbons (Fsp3) is 0.269. The van der Waals surface area contributed by atoms with Crippen LogP contribution in [-0.4, -0.2) is 23.9 Å². The number of amides is 1. The van der Waals surface area contributed by atoms with Gasteiger partial charge in [-0.2, -0.15) is 0 Å². The molecule has 0 aliphatic carbocycles. The SMILES string of the molecule is O=C(Nc1ccc(CSc2ccccc2)cc1)C1CCN(Cc2ccc(Cl)cc2F)CC1. The number of nitrogens with zero attached hydrogens (tertiary/aromatic N) is 1. The van der Waals surface area contributed by atoms with Gasteiger partial charge < -0.3 is 5.32 Å². The van der Waals surface area contributed by atoms with E-state index in [1.54, 1.807) is 23.9 Å². The number of benzene rings is 3. The summed E-state index contributed by atoms with van der Waals surface area (Å²) < 4.78 is 14.0. The molecule has 1 saturated heterocycles. The first-order valence-electron chi connectivity index (χ1n) is 10.8. The van der Waals surface area contributed by atoms with E-state index in [4.69, 9.17) is 11.6 Å². The Hall–Kier alpha value is -2.34. The third-order valence-electron chi connectivity index (χ3n) is 5.74. The summed E-state index contributed by atoms with van der Waals surface area (Å²) in [6.07, 6.45) is 1.54. The number of likely N-dealkylation sites (tertiary alicyclic amines) is 1. The van der Waals surface area contributed by atoms with E-state index >= 15 is 0 Å². The topological polar surface area (TPSA) is 32.3 Å². The van der Waals surface area contributed by atoms with E-state index in [2.05, 4.69) is 34.5 Å². The van der Waals surface area contributed by atoms with Gasteiger partial charge in [0.05, 0.1) is 0 Å². The van der Waals surface area contributed by atoms with Crippen LogP contribution in [0.5, 0.6) is 0 Å². The molecule has 0 bridgehead atoms. The van der Waals surface area contributed by atoms with Gasteiger partial charge in [-0.05, 0) is 67.9 Å². The van der Waals surface area contributed by atoms with E-state index in [1.807, 2.05) is 30.3 Å². The second kappa shape index (κ2) is 11.0. The second-order valence-electron chi connectivity index (χ2n) is 8.07. The molecule has 4 rings (SSSR count). The molecule has 6 heteroatoms. The second-order valence-corrected chi connectivity index (χ2v) is 9.56. The summed E-state index contributed by atoms with van der Waals surface area (Å²) in [4.78, 5) is 16.1. The van der Waals surface area contributed by atoms with Crippen molar-refractivity contribution in [2.24, 2.45) is 5.92 Å². The predicted molar refractivity (Wildman–Crippen MR) is 130 cm³/mol. The maximum atomic E-state index is 14.0. The standard InChI is InChI=1S/C26H26ClFN2OS/c27-22-9-8-21(25(28)16-22)17-30-14-12-20(13-15-30)26(31)29-23-10-6-19(7-11-23)18-32-24-4-2-1-3-5-24/h1-11,16,20H,12-15,17-18H2,(H,29,31). The first-order valence-corrected chi connectivity index (χ1v) is 12.2. The number of piperidine rings is 1. The first kappa shape index (κ1) is 22.8. The molecule has 1 N–H and O–H groups in total. The molecule has 1 fully saturated rings. The van der Waals surface area contributed by atoms with E-state index in [0.29, 0.717) is 17.1 Å². The molecule has 3 nitrogen and oxygen atoms in total. The Balaban J connectivity index is 1.23. The molecule has 3 aromatic carbocycles. The summed E-state index contributed by atoms with van der Waals surface area (Å²) in [5, 5.41) is 3.46. The molecule has 0 spiro atoms. The first-order chi connectivity index (χ1) is 15.6. The van der Waals surface area contributed by atoms with Crippen LogP contribution in [-0.2, 0) is 17.1 Å². The van der Waals surface area contributed by atoms with Crippen LogP contribution in [0.3, 0.4) is 0 Å². The third kappa shape index (κ3) is 6.35. The third-order valence-corrected chi connectivity index (χ3v) is 7.06. The Morgan fingerprint density at radius 1 is 1.03 bits per heavy atom. The average molecular weight is 469 g/mol. The lowest BCUT2D eigenvalue weighted by atomic mass is 9.95. The van der Waals surface area contributed by atoms with Crippen LogP contribution >= 0.6 is 23.4 Å². The smallest absolute Gasteiger partial charge is 0.227 e. The molecule has 32 heavy (non-hydrogen) atoms. The molecule has 0 unspecified atom stereocenters. The van der Waals surface area contributed by atoms with Gasteiger partial charge in [-0.25, -0.2) is 4.39 Å². The van der Waals surface area contributed by atoms with Crippen molar-refractivity contribution in [3.05, 3.63) is 94.8 Å². The number of thioether (sulfide) groups is 1. The molecule has 1 aliphatic rings. The van der Waals surface area contributed by atoms with Crippen LogP contribution in [0.4, 0.5) is 10.1 Å². The van der Waals surface area contributed by atoms with Crippen molar-refractivity contribution < 1.29 is 9.18 Å². The lowest BCUT2D eigenvalue weighted by Crippen LogP contribution is -2.37. The molecule has 1 heterocycles. The summed E-state index contributed by atoms with van der Waals surface area (Å²) in [6, 6.07) is 23.2. The zero-order valence-corrected chi connectivity index (χ0v) is 19.3. The van der Waals surface area contributed by atoms with Crippen molar-refractivity contribution in [3.63, 3.8) is 0 Å². The highest BCUT2D eigenvalue weighted by atomic mass is 35.5. The van der Waals surface area contributed by atoms with Crippen molar-refractivity contribution >= 4 is 35.0 Å². The van der Waals surface area contributed by atoms with E-state index < -0.39 is 0 Å². The highest BCUT2D eigenvalue weighted by Crippen LogP contribution is 2.25. The summed E-state index contributed by atoms with van der Waals surface area (Å²) in [7, 11) is 0. The van der Waals surface area contributed by atoms with E-state index in [1.165, 1.54) is 16.5 Å². The normalized spacial score (nSPS) is 14.9. The number of halogens is 2. The number of rotatable bonds is 7. The summed E-state index contributed by atoms with van der Waals surface area (Å²) in [5.74, 6) is 0.664. The number of carbonyl (C=O) groups is 1. The summed E-state index contributed by atoms with van der Waals surface area (Å²) in [5.41, 5.74) is 2.69. The minimum atomic E-state index is -0.275. The molecule has 3 aromatic rings. The highest BCUT2D eigenvalue weighted by molar-refractivity contribution is 7.98. The van der Waals surface area contributed by atoms with E-state index in [0.717, 1.165) is 37.4 Å². The Labute approximate surface area is 198 Å². The molecule has 0 saturated carbocycles. The highest BCUT2D eigenvalue weighted by Gasteiger charge is 2.25. The number of carbonyl (C=O) groups excluding carboxylic acids is 1. The average Bonchev–Trinajstić information content (AvgIpc) is 2.81. The predicted octanol–water partition coefficient (Wildman–Crippen LogP) is 6.62. The molecular formula is C26H26ClFN2OS. The number of anilines is 1. The molecule has 0 radical (unpaired) electrons. The van der Waals surface area contributed by atoms with Gasteiger partial charge in [-0.1, -0.05) is 48.0 Å². The number of nitrogens with one attached hydrogen (secondary N) is 1. The molecule has 0 aromatic heterocycles. The maximum absolute atomic E-state index is 14.0.